The van der Waals surface area contributed by atoms with Crippen molar-refractivity contribution in [2.75, 3.05) is 11.9 Å². The van der Waals surface area contributed by atoms with E-state index < -0.39 is 11.8 Å². The Morgan fingerprint density at radius 3 is 2.63 bits per heavy atom. The Hall–Kier alpha value is -2.50. The molecule has 0 aliphatic rings. The van der Waals surface area contributed by atoms with E-state index in [1.165, 1.54) is 17.0 Å². The maximum atomic E-state index is 13.7. The summed E-state index contributed by atoms with van der Waals surface area (Å²) in [5.74, 6) is -1.43. The topological polar surface area (TPSA) is 66.3 Å². The molecule has 0 atom stereocenters. The SMILES string of the molecule is Cc1cc(C(=O)O)nc(N(C)c2ccccc2F)n1. The van der Waals surface area contributed by atoms with Crippen molar-refractivity contribution < 1.29 is 14.3 Å². The number of hydrogen-bond donors (Lipinski definition) is 1. The number of nitrogens with zero attached hydrogens (tertiary/aromatic N) is 3. The second-order valence-corrected chi connectivity index (χ2v) is 4.01. The number of hydrogen-bond acceptors (Lipinski definition) is 4. The fraction of sp³-hybridized carbons (Fsp3) is 0.154. The Labute approximate surface area is 109 Å². The molecule has 0 bridgehead atoms. The highest BCUT2D eigenvalue weighted by atomic mass is 19.1. The first-order valence-electron chi connectivity index (χ1n) is 5.56. The number of carboxylic acid groups (broad SMARTS) is 1. The number of aromatic carboxylic acids is 1. The number of carbonyl (C=O) groups is 1. The molecule has 0 aliphatic carbocycles. The average Bonchev–Trinajstić information content (AvgIpc) is 2.37. The number of benzene rings is 1. The normalized spacial score (nSPS) is 10.3. The summed E-state index contributed by atoms with van der Waals surface area (Å²) >= 11 is 0. The predicted molar refractivity (Wildman–Crippen MR) is 68.2 cm³/mol. The van der Waals surface area contributed by atoms with Crippen LogP contribution >= 0.6 is 0 Å². The summed E-state index contributed by atoms with van der Waals surface area (Å²) in [5, 5.41) is 8.96. The highest BCUT2D eigenvalue weighted by Crippen LogP contribution is 2.23. The average molecular weight is 261 g/mol. The van der Waals surface area contributed by atoms with Gasteiger partial charge in [-0.2, -0.15) is 0 Å². The maximum absolute atomic E-state index is 13.7. The Morgan fingerprint density at radius 1 is 1.32 bits per heavy atom. The lowest BCUT2D eigenvalue weighted by molar-refractivity contribution is 0.0690. The van der Waals surface area contributed by atoms with Crippen molar-refractivity contribution in [2.24, 2.45) is 0 Å². The van der Waals surface area contributed by atoms with Crippen molar-refractivity contribution in [3.8, 4) is 0 Å². The summed E-state index contributed by atoms with van der Waals surface area (Å²) < 4.78 is 13.7. The molecule has 0 saturated heterocycles. The van der Waals surface area contributed by atoms with E-state index in [9.17, 15) is 9.18 Å². The van der Waals surface area contributed by atoms with Gasteiger partial charge in [0.25, 0.3) is 0 Å². The number of para-hydroxylation sites is 1. The van der Waals surface area contributed by atoms with Crippen LogP contribution in [-0.4, -0.2) is 28.1 Å². The van der Waals surface area contributed by atoms with Gasteiger partial charge in [0, 0.05) is 12.7 Å². The van der Waals surface area contributed by atoms with E-state index in [0.29, 0.717) is 5.69 Å². The maximum Gasteiger partial charge on any atom is 0.354 e. The summed E-state index contributed by atoms with van der Waals surface area (Å²) in [7, 11) is 1.58. The van der Waals surface area contributed by atoms with Crippen molar-refractivity contribution in [1.82, 2.24) is 9.97 Å². The van der Waals surface area contributed by atoms with Gasteiger partial charge in [-0.25, -0.2) is 19.2 Å². The van der Waals surface area contributed by atoms with E-state index in [2.05, 4.69) is 9.97 Å². The Kier molecular flexibility index (Phi) is 3.41. The minimum atomic E-state index is -1.14. The van der Waals surface area contributed by atoms with Crippen LogP contribution in [0.3, 0.4) is 0 Å². The quantitative estimate of drug-likeness (QED) is 0.918. The number of aromatic nitrogens is 2. The number of aryl methyl sites for hydroxylation is 1. The van der Waals surface area contributed by atoms with Gasteiger partial charge in [-0.1, -0.05) is 12.1 Å². The zero-order valence-corrected chi connectivity index (χ0v) is 10.5. The first-order chi connectivity index (χ1) is 8.99. The fourth-order valence-corrected chi connectivity index (χ4v) is 1.64. The molecular formula is C13H12FN3O2. The molecule has 19 heavy (non-hydrogen) atoms. The van der Waals surface area contributed by atoms with Crippen molar-refractivity contribution in [2.45, 2.75) is 6.92 Å². The minimum absolute atomic E-state index is 0.120. The molecule has 0 fully saturated rings. The summed E-state index contributed by atoms with van der Waals surface area (Å²) in [4.78, 5) is 20.4. The molecule has 6 heteroatoms. The van der Waals surface area contributed by atoms with Gasteiger partial charge in [0.15, 0.2) is 5.69 Å². The third kappa shape index (κ3) is 2.67. The zero-order chi connectivity index (χ0) is 14.0. The molecule has 0 radical (unpaired) electrons. The van der Waals surface area contributed by atoms with Crippen LogP contribution in [0.5, 0.6) is 0 Å². The van der Waals surface area contributed by atoms with Gasteiger partial charge in [-0.3, -0.25) is 0 Å². The van der Waals surface area contributed by atoms with Crippen LogP contribution in [0.1, 0.15) is 16.2 Å². The molecular weight excluding hydrogens is 249 g/mol. The molecule has 0 aliphatic heterocycles. The highest BCUT2D eigenvalue weighted by molar-refractivity contribution is 5.85. The zero-order valence-electron chi connectivity index (χ0n) is 10.5. The van der Waals surface area contributed by atoms with E-state index in [1.807, 2.05) is 0 Å². The van der Waals surface area contributed by atoms with E-state index in [-0.39, 0.29) is 17.3 Å². The molecule has 1 N–H and O–H groups in total. The van der Waals surface area contributed by atoms with E-state index in [0.717, 1.165) is 0 Å². The Bertz CT molecular complexity index is 631. The lowest BCUT2D eigenvalue weighted by atomic mass is 10.3. The van der Waals surface area contributed by atoms with Crippen LogP contribution in [-0.2, 0) is 0 Å². The fourth-order valence-electron chi connectivity index (χ4n) is 1.64. The van der Waals surface area contributed by atoms with Crippen LogP contribution in [0.15, 0.2) is 30.3 Å². The molecule has 5 nitrogen and oxygen atoms in total. The van der Waals surface area contributed by atoms with Gasteiger partial charge in [-0.05, 0) is 25.1 Å². The minimum Gasteiger partial charge on any atom is -0.477 e. The first kappa shape index (κ1) is 12.9. The summed E-state index contributed by atoms with van der Waals surface area (Å²) in [6, 6.07) is 7.51. The molecule has 0 saturated carbocycles. The molecule has 1 aromatic carbocycles. The standard InChI is InChI=1S/C13H12FN3O2/c1-8-7-10(12(18)19)16-13(15-8)17(2)11-6-4-3-5-9(11)14/h3-7H,1-2H3,(H,18,19). The van der Waals surface area contributed by atoms with Gasteiger partial charge < -0.3 is 10.0 Å². The second kappa shape index (κ2) is 5.01. The highest BCUT2D eigenvalue weighted by Gasteiger charge is 2.15. The number of carboxylic acids is 1. The van der Waals surface area contributed by atoms with Crippen molar-refractivity contribution in [1.29, 1.82) is 0 Å². The Balaban J connectivity index is 2.47. The van der Waals surface area contributed by atoms with Crippen LogP contribution in [0.25, 0.3) is 0 Å². The van der Waals surface area contributed by atoms with Crippen molar-refractivity contribution >= 4 is 17.6 Å². The first-order valence-corrected chi connectivity index (χ1v) is 5.56. The van der Waals surface area contributed by atoms with Gasteiger partial charge in [0.05, 0.1) is 5.69 Å². The lowest BCUT2D eigenvalue weighted by Crippen LogP contribution is -2.17. The molecule has 0 unspecified atom stereocenters. The van der Waals surface area contributed by atoms with Gasteiger partial charge in [0.1, 0.15) is 5.82 Å². The summed E-state index contributed by atoms with van der Waals surface area (Å²) in [6.07, 6.45) is 0. The van der Waals surface area contributed by atoms with Crippen LogP contribution < -0.4 is 4.90 Å². The van der Waals surface area contributed by atoms with Gasteiger partial charge >= 0.3 is 5.97 Å². The third-order valence-corrected chi connectivity index (χ3v) is 2.58. The second-order valence-electron chi connectivity index (χ2n) is 4.01. The van der Waals surface area contributed by atoms with Gasteiger partial charge in [-0.15, -0.1) is 0 Å². The molecule has 2 rings (SSSR count). The number of rotatable bonds is 3. The van der Waals surface area contributed by atoms with Crippen LogP contribution in [0.4, 0.5) is 16.0 Å². The smallest absolute Gasteiger partial charge is 0.354 e. The van der Waals surface area contributed by atoms with Crippen molar-refractivity contribution in [3.05, 3.63) is 47.5 Å². The molecule has 2 aromatic rings. The molecule has 98 valence electrons. The number of anilines is 2. The predicted octanol–water partition coefficient (Wildman–Crippen LogP) is 2.39. The van der Waals surface area contributed by atoms with Crippen LogP contribution in [0, 0.1) is 12.7 Å². The lowest BCUT2D eigenvalue weighted by Gasteiger charge is -2.18. The third-order valence-electron chi connectivity index (χ3n) is 2.58. The monoisotopic (exact) mass is 261 g/mol. The summed E-state index contributed by atoms with van der Waals surface area (Å²) in [6.45, 7) is 1.66. The van der Waals surface area contributed by atoms with Gasteiger partial charge in [0.2, 0.25) is 5.95 Å². The van der Waals surface area contributed by atoms with Crippen molar-refractivity contribution in [3.63, 3.8) is 0 Å². The largest absolute Gasteiger partial charge is 0.477 e. The molecule has 1 aromatic heterocycles. The Morgan fingerprint density at radius 2 is 2.00 bits per heavy atom. The van der Waals surface area contributed by atoms with Crippen LogP contribution in [0.2, 0.25) is 0 Å². The summed E-state index contributed by atoms with van der Waals surface area (Å²) in [5.41, 5.74) is 0.667. The van der Waals surface area contributed by atoms with E-state index in [4.69, 9.17) is 5.11 Å². The van der Waals surface area contributed by atoms with E-state index >= 15 is 0 Å². The molecule has 0 spiro atoms. The molecule has 1 heterocycles. The van der Waals surface area contributed by atoms with E-state index in [1.54, 1.807) is 32.2 Å². The number of halogens is 1. The molecule has 0 amide bonds.